The van der Waals surface area contributed by atoms with Crippen molar-refractivity contribution < 1.29 is 14.3 Å². The van der Waals surface area contributed by atoms with Gasteiger partial charge < -0.3 is 19.3 Å². The lowest BCUT2D eigenvalue weighted by Crippen LogP contribution is -2.58. The molecule has 0 saturated carbocycles. The van der Waals surface area contributed by atoms with Gasteiger partial charge in [0, 0.05) is 45.8 Å². The van der Waals surface area contributed by atoms with E-state index in [0.717, 1.165) is 37.7 Å². The number of para-hydroxylation sites is 2. The zero-order chi connectivity index (χ0) is 21.1. The second-order valence-electron chi connectivity index (χ2n) is 9.02. The Labute approximate surface area is 180 Å². The molecule has 166 valence electrons. The molecule has 0 N–H and O–H groups in total. The minimum absolute atomic E-state index is 0.108. The van der Waals surface area contributed by atoms with Crippen LogP contribution >= 0.6 is 0 Å². The van der Waals surface area contributed by atoms with Gasteiger partial charge in [0.2, 0.25) is 5.91 Å². The van der Waals surface area contributed by atoms with Crippen LogP contribution in [0, 0.1) is 0 Å². The highest BCUT2D eigenvalue weighted by molar-refractivity contribution is 5.81. The van der Waals surface area contributed by atoms with E-state index in [1.54, 1.807) is 4.90 Å². The number of piperazine rings is 1. The second kappa shape index (κ2) is 9.54. The van der Waals surface area contributed by atoms with Gasteiger partial charge in [-0.2, -0.15) is 0 Å². The summed E-state index contributed by atoms with van der Waals surface area (Å²) in [5.74, 6) is 1.69. The van der Waals surface area contributed by atoms with Crippen molar-refractivity contribution in [1.82, 2.24) is 19.6 Å². The molecule has 3 aliphatic rings. The van der Waals surface area contributed by atoms with Gasteiger partial charge >= 0.3 is 0 Å². The Hall–Kier alpha value is -1.83. The van der Waals surface area contributed by atoms with E-state index in [2.05, 4.69) is 21.7 Å². The number of rotatable bonds is 5. The number of carbonyl (C=O) groups is 1. The zero-order valence-electron chi connectivity index (χ0n) is 18.6. The highest BCUT2D eigenvalue weighted by Crippen LogP contribution is 2.31. The van der Waals surface area contributed by atoms with Crippen LogP contribution in [0.3, 0.4) is 0 Å². The predicted molar refractivity (Wildman–Crippen MR) is 117 cm³/mol. The Morgan fingerprint density at radius 1 is 1.17 bits per heavy atom. The number of ether oxygens (including phenoxy) is 2. The number of carbonyl (C=O) groups excluding carboxylic acids is 1. The number of likely N-dealkylation sites (N-methyl/N-ethyl adjacent to an activating group) is 2. The van der Waals surface area contributed by atoms with Crippen molar-refractivity contribution in [3.8, 4) is 11.5 Å². The maximum absolute atomic E-state index is 13.1. The van der Waals surface area contributed by atoms with Crippen LogP contribution in [0.25, 0.3) is 0 Å². The van der Waals surface area contributed by atoms with E-state index >= 15 is 0 Å². The number of piperidine rings is 1. The molecule has 7 heteroatoms. The van der Waals surface area contributed by atoms with E-state index in [1.807, 2.05) is 38.2 Å². The van der Waals surface area contributed by atoms with Gasteiger partial charge in [0.05, 0.1) is 12.6 Å². The largest absolute Gasteiger partial charge is 0.486 e. The monoisotopic (exact) mass is 416 g/mol. The van der Waals surface area contributed by atoms with Gasteiger partial charge in [-0.1, -0.05) is 12.1 Å². The first-order valence-electron chi connectivity index (χ1n) is 11.3. The summed E-state index contributed by atoms with van der Waals surface area (Å²) in [4.78, 5) is 22.2. The molecule has 3 atom stereocenters. The molecule has 1 aromatic rings. The summed E-state index contributed by atoms with van der Waals surface area (Å²) in [7, 11) is 4.09. The molecule has 3 aliphatic heterocycles. The van der Waals surface area contributed by atoms with Crippen molar-refractivity contribution in [1.29, 1.82) is 0 Å². The van der Waals surface area contributed by atoms with Gasteiger partial charge in [-0.15, -0.1) is 0 Å². The van der Waals surface area contributed by atoms with Gasteiger partial charge in [-0.25, -0.2) is 0 Å². The normalized spacial score (nSPS) is 26.9. The predicted octanol–water partition coefficient (Wildman–Crippen LogP) is 1.39. The lowest BCUT2D eigenvalue weighted by molar-refractivity contribution is -0.137. The third-order valence-electron chi connectivity index (χ3n) is 6.79. The molecular weight excluding hydrogens is 380 g/mol. The van der Waals surface area contributed by atoms with Crippen molar-refractivity contribution in [3.05, 3.63) is 24.3 Å². The molecule has 0 aliphatic carbocycles. The lowest BCUT2D eigenvalue weighted by atomic mass is 10.0. The van der Waals surface area contributed by atoms with E-state index < -0.39 is 0 Å². The minimum Gasteiger partial charge on any atom is -0.486 e. The highest BCUT2D eigenvalue weighted by Gasteiger charge is 2.32. The van der Waals surface area contributed by atoms with Crippen molar-refractivity contribution in [2.45, 2.75) is 38.0 Å². The average Bonchev–Trinajstić information content (AvgIpc) is 2.78. The third-order valence-corrected chi connectivity index (χ3v) is 6.79. The quantitative estimate of drug-likeness (QED) is 0.723. The molecule has 4 rings (SSSR count). The molecule has 0 aromatic heterocycles. The molecule has 1 amide bonds. The van der Waals surface area contributed by atoms with Crippen LogP contribution in [0.2, 0.25) is 0 Å². The van der Waals surface area contributed by atoms with Crippen LogP contribution in [0.1, 0.15) is 19.8 Å². The standard InChI is InChI=1S/C23H36N4O3/c1-18(26-11-13-27(14-12-26)19-7-6-10-24(2)15-19)23(28)25(3)16-20-17-29-21-8-4-5-9-22(21)30-20/h4-5,8-9,18-20H,6-7,10-17H2,1-3H3. The zero-order valence-corrected chi connectivity index (χ0v) is 18.6. The summed E-state index contributed by atoms with van der Waals surface area (Å²) in [5, 5.41) is 0. The number of hydrogen-bond acceptors (Lipinski definition) is 6. The molecule has 0 radical (unpaired) electrons. The topological polar surface area (TPSA) is 48.5 Å². The molecule has 30 heavy (non-hydrogen) atoms. The van der Waals surface area contributed by atoms with Crippen molar-refractivity contribution in [2.75, 3.05) is 66.5 Å². The van der Waals surface area contributed by atoms with Crippen molar-refractivity contribution in [2.24, 2.45) is 0 Å². The van der Waals surface area contributed by atoms with Crippen molar-refractivity contribution >= 4 is 5.91 Å². The first kappa shape index (κ1) is 21.4. The van der Waals surface area contributed by atoms with Gasteiger partial charge in [-0.3, -0.25) is 14.6 Å². The molecule has 7 nitrogen and oxygen atoms in total. The molecular formula is C23H36N4O3. The van der Waals surface area contributed by atoms with E-state index in [-0.39, 0.29) is 18.1 Å². The van der Waals surface area contributed by atoms with E-state index in [4.69, 9.17) is 9.47 Å². The smallest absolute Gasteiger partial charge is 0.239 e. The average molecular weight is 417 g/mol. The summed E-state index contributed by atoms with van der Waals surface area (Å²) in [6.07, 6.45) is 2.45. The van der Waals surface area contributed by atoms with E-state index in [1.165, 1.54) is 25.9 Å². The van der Waals surface area contributed by atoms with Crippen LogP contribution in [-0.4, -0.2) is 110 Å². The summed E-state index contributed by atoms with van der Waals surface area (Å²) in [5.41, 5.74) is 0. The van der Waals surface area contributed by atoms with Crippen molar-refractivity contribution in [3.63, 3.8) is 0 Å². The first-order valence-corrected chi connectivity index (χ1v) is 11.3. The summed E-state index contributed by atoms with van der Waals surface area (Å²) >= 11 is 0. The maximum Gasteiger partial charge on any atom is 0.239 e. The summed E-state index contributed by atoms with van der Waals surface area (Å²) in [6, 6.07) is 8.26. The Bertz CT molecular complexity index is 722. The van der Waals surface area contributed by atoms with Gasteiger partial charge in [0.15, 0.2) is 17.6 Å². The number of amides is 1. The Morgan fingerprint density at radius 3 is 2.63 bits per heavy atom. The molecule has 2 saturated heterocycles. The first-order chi connectivity index (χ1) is 14.5. The Balaban J connectivity index is 1.24. The molecule has 0 bridgehead atoms. The molecule has 0 spiro atoms. The Kier molecular flexibility index (Phi) is 6.80. The van der Waals surface area contributed by atoms with Crippen LogP contribution in [0.15, 0.2) is 24.3 Å². The number of benzene rings is 1. The fourth-order valence-electron chi connectivity index (χ4n) is 4.95. The summed E-state index contributed by atoms with van der Waals surface area (Å²) in [6.45, 7) is 9.44. The van der Waals surface area contributed by atoms with Crippen LogP contribution in [0.5, 0.6) is 11.5 Å². The molecule has 2 fully saturated rings. The number of nitrogens with zero attached hydrogens (tertiary/aromatic N) is 4. The summed E-state index contributed by atoms with van der Waals surface area (Å²) < 4.78 is 11.8. The van der Waals surface area contributed by atoms with E-state index in [9.17, 15) is 4.79 Å². The molecule has 3 heterocycles. The third kappa shape index (κ3) is 4.90. The fraction of sp³-hybridized carbons (Fsp3) is 0.696. The molecule has 1 aromatic carbocycles. The number of fused-ring (bicyclic) bond motifs is 1. The Morgan fingerprint density at radius 2 is 1.90 bits per heavy atom. The SMILES string of the molecule is CC(C(=O)N(C)CC1COc2ccccc2O1)N1CCN(C2CCCN(C)C2)CC1. The number of hydrogen-bond donors (Lipinski definition) is 0. The lowest BCUT2D eigenvalue weighted by Gasteiger charge is -2.44. The minimum atomic E-state index is -0.138. The van der Waals surface area contributed by atoms with E-state index in [0.29, 0.717) is 19.2 Å². The highest BCUT2D eigenvalue weighted by atomic mass is 16.6. The van der Waals surface area contributed by atoms with Crippen LogP contribution in [-0.2, 0) is 4.79 Å². The van der Waals surface area contributed by atoms with Crippen LogP contribution in [0.4, 0.5) is 0 Å². The molecule has 3 unspecified atom stereocenters. The second-order valence-corrected chi connectivity index (χ2v) is 9.02. The van der Waals surface area contributed by atoms with Gasteiger partial charge in [0.1, 0.15) is 6.61 Å². The van der Waals surface area contributed by atoms with Gasteiger partial charge in [0.25, 0.3) is 0 Å². The number of likely N-dealkylation sites (tertiary alicyclic amines) is 1. The van der Waals surface area contributed by atoms with Crippen LogP contribution < -0.4 is 9.47 Å². The fourth-order valence-corrected chi connectivity index (χ4v) is 4.95. The maximum atomic E-state index is 13.1. The van der Waals surface area contributed by atoms with Gasteiger partial charge in [-0.05, 0) is 45.5 Å².